The number of hydrogen-bond acceptors (Lipinski definition) is 4. The first-order valence-corrected chi connectivity index (χ1v) is 8.49. The van der Waals surface area contributed by atoms with Gasteiger partial charge in [0.05, 0.1) is 24.3 Å². The largest absolute Gasteiger partial charge is 0.462 e. The van der Waals surface area contributed by atoms with Crippen molar-refractivity contribution in [3.8, 4) is 0 Å². The number of unbranched alkanes of at least 4 members (excludes halogenated alkanes) is 2. The molecule has 0 saturated heterocycles. The molecule has 0 aliphatic carbocycles. The van der Waals surface area contributed by atoms with E-state index in [1.165, 1.54) is 0 Å². The number of hydrogen-bond donors (Lipinski definition) is 0. The lowest BCUT2D eigenvalue weighted by atomic mass is 10.1. The van der Waals surface area contributed by atoms with Gasteiger partial charge in [0.25, 0.3) is 0 Å². The van der Waals surface area contributed by atoms with Gasteiger partial charge >= 0.3 is 11.9 Å². The molecule has 0 atom stereocenters. The molecule has 0 aliphatic rings. The molecule has 1 aromatic rings. The summed E-state index contributed by atoms with van der Waals surface area (Å²) in [5, 5.41) is 0. The van der Waals surface area contributed by atoms with E-state index < -0.39 is 11.9 Å². The Morgan fingerprint density at radius 1 is 0.913 bits per heavy atom. The molecule has 0 unspecified atom stereocenters. The van der Waals surface area contributed by atoms with Gasteiger partial charge in [0.2, 0.25) is 0 Å². The molecule has 0 aromatic heterocycles. The zero-order valence-electron chi connectivity index (χ0n) is 14.5. The fourth-order valence-electron chi connectivity index (χ4n) is 2.17. The Morgan fingerprint density at radius 2 is 1.43 bits per heavy atom. The van der Waals surface area contributed by atoms with E-state index in [2.05, 4.69) is 20.8 Å². The zero-order chi connectivity index (χ0) is 17.1. The SMILES string of the molecule is CCCCCOC(=O)c1ccccc1C(=O)OCCCC(C)C. The molecular formula is C19H28O4. The van der Waals surface area contributed by atoms with E-state index in [4.69, 9.17) is 9.47 Å². The van der Waals surface area contributed by atoms with Gasteiger partial charge < -0.3 is 9.47 Å². The van der Waals surface area contributed by atoms with Crippen molar-refractivity contribution in [3.63, 3.8) is 0 Å². The molecule has 0 bridgehead atoms. The number of carbonyl (C=O) groups is 2. The van der Waals surface area contributed by atoms with Crippen LogP contribution in [0.15, 0.2) is 24.3 Å². The highest BCUT2D eigenvalue weighted by Gasteiger charge is 2.18. The van der Waals surface area contributed by atoms with Gasteiger partial charge in [-0.25, -0.2) is 9.59 Å². The molecule has 0 radical (unpaired) electrons. The van der Waals surface area contributed by atoms with Gasteiger partial charge in [-0.05, 0) is 37.3 Å². The minimum absolute atomic E-state index is 0.275. The van der Waals surface area contributed by atoms with Crippen LogP contribution in [0.3, 0.4) is 0 Å². The highest BCUT2D eigenvalue weighted by molar-refractivity contribution is 6.03. The van der Waals surface area contributed by atoms with Crippen molar-refractivity contribution in [2.24, 2.45) is 5.92 Å². The van der Waals surface area contributed by atoms with Crippen LogP contribution >= 0.6 is 0 Å². The Hall–Kier alpha value is -1.84. The summed E-state index contributed by atoms with van der Waals surface area (Å²) in [6.07, 6.45) is 4.76. The summed E-state index contributed by atoms with van der Waals surface area (Å²) in [6.45, 7) is 7.10. The molecule has 0 fully saturated rings. The maximum absolute atomic E-state index is 12.2. The third kappa shape index (κ3) is 7.31. The molecule has 0 heterocycles. The number of carbonyl (C=O) groups excluding carboxylic acids is 2. The molecule has 4 nitrogen and oxygen atoms in total. The summed E-state index contributed by atoms with van der Waals surface area (Å²) in [5.74, 6) is -0.343. The average Bonchev–Trinajstić information content (AvgIpc) is 2.55. The van der Waals surface area contributed by atoms with Crippen LogP contribution in [0.5, 0.6) is 0 Å². The Bertz CT molecular complexity index is 494. The normalized spacial score (nSPS) is 10.6. The smallest absolute Gasteiger partial charge is 0.339 e. The van der Waals surface area contributed by atoms with E-state index in [9.17, 15) is 9.59 Å². The van der Waals surface area contributed by atoms with Gasteiger partial charge in [0.15, 0.2) is 0 Å². The Kier molecular flexibility index (Phi) is 9.03. The van der Waals surface area contributed by atoms with Gasteiger partial charge in [-0.15, -0.1) is 0 Å². The van der Waals surface area contributed by atoms with Gasteiger partial charge in [0, 0.05) is 0 Å². The van der Waals surface area contributed by atoms with Crippen molar-refractivity contribution < 1.29 is 19.1 Å². The molecule has 23 heavy (non-hydrogen) atoms. The first-order valence-electron chi connectivity index (χ1n) is 8.49. The summed E-state index contributed by atoms with van der Waals surface area (Å²) in [7, 11) is 0. The summed E-state index contributed by atoms with van der Waals surface area (Å²) < 4.78 is 10.5. The van der Waals surface area contributed by atoms with Crippen LogP contribution in [0.4, 0.5) is 0 Å². The second kappa shape index (κ2) is 10.8. The van der Waals surface area contributed by atoms with Crippen molar-refractivity contribution in [1.29, 1.82) is 0 Å². The minimum Gasteiger partial charge on any atom is -0.462 e. The third-order valence-electron chi connectivity index (χ3n) is 3.51. The highest BCUT2D eigenvalue weighted by Crippen LogP contribution is 2.13. The van der Waals surface area contributed by atoms with Crippen molar-refractivity contribution in [1.82, 2.24) is 0 Å². The zero-order valence-corrected chi connectivity index (χ0v) is 14.5. The van der Waals surface area contributed by atoms with E-state index in [1.54, 1.807) is 24.3 Å². The number of rotatable bonds is 10. The molecule has 1 rings (SSSR count). The van der Waals surface area contributed by atoms with E-state index >= 15 is 0 Å². The first kappa shape index (κ1) is 19.2. The summed E-state index contributed by atoms with van der Waals surface area (Å²) in [6, 6.07) is 6.65. The van der Waals surface area contributed by atoms with Crippen molar-refractivity contribution in [2.45, 2.75) is 52.9 Å². The van der Waals surface area contributed by atoms with Gasteiger partial charge in [-0.1, -0.05) is 45.7 Å². The number of ether oxygens (including phenoxy) is 2. The lowest BCUT2D eigenvalue weighted by molar-refractivity contribution is 0.0449. The van der Waals surface area contributed by atoms with E-state index in [-0.39, 0.29) is 11.1 Å². The molecule has 0 saturated carbocycles. The van der Waals surface area contributed by atoms with Crippen LogP contribution in [0, 0.1) is 5.92 Å². The van der Waals surface area contributed by atoms with Gasteiger partial charge in [0.1, 0.15) is 0 Å². The Balaban J connectivity index is 2.58. The van der Waals surface area contributed by atoms with Crippen molar-refractivity contribution in [2.75, 3.05) is 13.2 Å². The second-order valence-corrected chi connectivity index (χ2v) is 6.06. The standard InChI is InChI=1S/C19H28O4/c1-4-5-8-13-22-18(20)16-11-6-7-12-17(16)19(21)23-14-9-10-15(2)3/h6-7,11-12,15H,4-5,8-10,13-14H2,1-3H3. The first-order chi connectivity index (χ1) is 11.1. The third-order valence-corrected chi connectivity index (χ3v) is 3.51. The predicted octanol–water partition coefficient (Wildman–Crippen LogP) is 4.63. The van der Waals surface area contributed by atoms with Crippen LogP contribution in [0.2, 0.25) is 0 Å². The number of benzene rings is 1. The van der Waals surface area contributed by atoms with Crippen molar-refractivity contribution in [3.05, 3.63) is 35.4 Å². The van der Waals surface area contributed by atoms with Crippen LogP contribution in [0.25, 0.3) is 0 Å². The van der Waals surface area contributed by atoms with E-state index in [1.807, 2.05) is 0 Å². The van der Waals surface area contributed by atoms with Crippen LogP contribution in [-0.4, -0.2) is 25.2 Å². The maximum atomic E-state index is 12.2. The van der Waals surface area contributed by atoms with Crippen LogP contribution in [-0.2, 0) is 9.47 Å². The fraction of sp³-hybridized carbons (Fsp3) is 0.579. The van der Waals surface area contributed by atoms with Crippen molar-refractivity contribution >= 4 is 11.9 Å². The molecule has 0 N–H and O–H groups in total. The molecule has 0 aliphatic heterocycles. The Morgan fingerprint density at radius 3 is 1.91 bits per heavy atom. The topological polar surface area (TPSA) is 52.6 Å². The Labute approximate surface area is 139 Å². The molecule has 4 heteroatoms. The lowest BCUT2D eigenvalue weighted by Crippen LogP contribution is -2.15. The summed E-state index contributed by atoms with van der Waals surface area (Å²) in [4.78, 5) is 24.3. The lowest BCUT2D eigenvalue weighted by Gasteiger charge is -2.10. The fourth-order valence-corrected chi connectivity index (χ4v) is 2.17. The van der Waals surface area contributed by atoms with Crippen LogP contribution in [0.1, 0.15) is 73.6 Å². The molecule has 0 amide bonds. The average molecular weight is 320 g/mol. The highest BCUT2D eigenvalue weighted by atomic mass is 16.5. The predicted molar refractivity (Wildman–Crippen MR) is 90.6 cm³/mol. The summed E-state index contributed by atoms with van der Waals surface area (Å²) >= 11 is 0. The van der Waals surface area contributed by atoms with Gasteiger partial charge in [-0.2, -0.15) is 0 Å². The monoisotopic (exact) mass is 320 g/mol. The second-order valence-electron chi connectivity index (χ2n) is 6.06. The number of esters is 2. The summed E-state index contributed by atoms with van der Waals surface area (Å²) in [5.41, 5.74) is 0.551. The minimum atomic E-state index is -0.463. The van der Waals surface area contributed by atoms with E-state index in [0.29, 0.717) is 19.1 Å². The molecule has 128 valence electrons. The quantitative estimate of drug-likeness (QED) is 0.466. The maximum Gasteiger partial charge on any atom is 0.339 e. The molecule has 1 aromatic carbocycles. The van der Waals surface area contributed by atoms with Crippen LogP contribution < -0.4 is 0 Å². The van der Waals surface area contributed by atoms with E-state index in [0.717, 1.165) is 32.1 Å². The molecule has 0 spiro atoms. The van der Waals surface area contributed by atoms with Gasteiger partial charge in [-0.3, -0.25) is 0 Å². The molecular weight excluding hydrogens is 292 g/mol.